The quantitative estimate of drug-likeness (QED) is 0.499. The van der Waals surface area contributed by atoms with Crippen molar-refractivity contribution in [1.29, 1.82) is 5.41 Å². The summed E-state index contributed by atoms with van der Waals surface area (Å²) in [7, 11) is 0. The molecule has 0 spiro atoms. The molecule has 5 heteroatoms. The van der Waals surface area contributed by atoms with Crippen LogP contribution in [0.3, 0.4) is 0 Å². The summed E-state index contributed by atoms with van der Waals surface area (Å²) in [5.74, 6) is 0.573. The Morgan fingerprint density at radius 1 is 1.33 bits per heavy atom. The molecule has 0 atom stereocenters. The highest BCUT2D eigenvalue weighted by Gasteiger charge is 2.12. The molecule has 1 aromatic carbocycles. The van der Waals surface area contributed by atoms with Crippen molar-refractivity contribution in [3.05, 3.63) is 28.2 Å². The fourth-order valence-corrected chi connectivity index (χ4v) is 1.95. The van der Waals surface area contributed by atoms with Crippen molar-refractivity contribution < 1.29 is 9.47 Å². The molecule has 0 aromatic heterocycles. The molecular weight excluding hydrogens is 296 g/mol. The van der Waals surface area contributed by atoms with Crippen LogP contribution in [0, 0.1) is 5.41 Å². The van der Waals surface area contributed by atoms with Gasteiger partial charge in [0.15, 0.2) is 0 Å². The number of amidine groups is 1. The van der Waals surface area contributed by atoms with Crippen LogP contribution in [0.2, 0.25) is 0 Å². The van der Waals surface area contributed by atoms with Crippen LogP contribution in [-0.2, 0) is 4.74 Å². The fraction of sp³-hybridized carbons (Fsp3) is 0.462. The minimum Gasteiger partial charge on any atom is -0.490 e. The monoisotopic (exact) mass is 314 g/mol. The third-order valence-electron chi connectivity index (χ3n) is 2.12. The Balaban J connectivity index is 2.63. The van der Waals surface area contributed by atoms with Gasteiger partial charge < -0.3 is 15.2 Å². The molecule has 18 heavy (non-hydrogen) atoms. The van der Waals surface area contributed by atoms with Gasteiger partial charge in [-0.2, -0.15) is 0 Å². The zero-order valence-electron chi connectivity index (χ0n) is 10.9. The predicted octanol–water partition coefficient (Wildman–Crippen LogP) is 2.93. The second kappa shape index (κ2) is 6.20. The molecule has 1 aromatic rings. The van der Waals surface area contributed by atoms with Crippen molar-refractivity contribution in [3.63, 3.8) is 0 Å². The molecule has 100 valence electrons. The van der Waals surface area contributed by atoms with Gasteiger partial charge in [0.05, 0.1) is 17.8 Å². The smallest absolute Gasteiger partial charge is 0.131 e. The lowest BCUT2D eigenvalue weighted by Crippen LogP contribution is -2.23. The summed E-state index contributed by atoms with van der Waals surface area (Å²) >= 11 is 3.36. The van der Waals surface area contributed by atoms with Crippen LogP contribution in [0.15, 0.2) is 22.7 Å². The van der Waals surface area contributed by atoms with Gasteiger partial charge in [0.2, 0.25) is 0 Å². The zero-order valence-corrected chi connectivity index (χ0v) is 12.5. The summed E-state index contributed by atoms with van der Waals surface area (Å²) in [6.45, 7) is 6.90. The molecular formula is C13H19BrN2O2. The van der Waals surface area contributed by atoms with Crippen molar-refractivity contribution >= 4 is 21.8 Å². The van der Waals surface area contributed by atoms with Crippen LogP contribution in [0.1, 0.15) is 26.3 Å². The van der Waals surface area contributed by atoms with Crippen LogP contribution in [-0.4, -0.2) is 24.7 Å². The molecule has 0 aliphatic carbocycles. The third kappa shape index (κ3) is 4.66. The van der Waals surface area contributed by atoms with Crippen LogP contribution >= 0.6 is 15.9 Å². The van der Waals surface area contributed by atoms with Gasteiger partial charge in [-0.15, -0.1) is 0 Å². The maximum Gasteiger partial charge on any atom is 0.131 e. The topological polar surface area (TPSA) is 68.3 Å². The van der Waals surface area contributed by atoms with Crippen LogP contribution in [0.5, 0.6) is 5.75 Å². The van der Waals surface area contributed by atoms with Crippen LogP contribution in [0.4, 0.5) is 0 Å². The molecule has 0 amide bonds. The molecule has 0 heterocycles. The lowest BCUT2D eigenvalue weighted by molar-refractivity contribution is -0.0163. The molecule has 0 bridgehead atoms. The van der Waals surface area contributed by atoms with Crippen molar-refractivity contribution in [1.82, 2.24) is 0 Å². The highest BCUT2D eigenvalue weighted by atomic mass is 79.9. The molecule has 0 saturated heterocycles. The predicted molar refractivity (Wildman–Crippen MR) is 76.4 cm³/mol. The standard InChI is InChI=1S/C13H19BrN2O2/c1-13(2,3)18-8-7-17-10-6-4-5-9(14)11(10)12(15)16/h4-6H,7-8H2,1-3H3,(H3,15,16). The average Bonchev–Trinajstić information content (AvgIpc) is 2.22. The summed E-state index contributed by atoms with van der Waals surface area (Å²) in [5.41, 5.74) is 5.93. The van der Waals surface area contributed by atoms with E-state index in [9.17, 15) is 0 Å². The fourth-order valence-electron chi connectivity index (χ4n) is 1.39. The zero-order chi connectivity index (χ0) is 13.8. The van der Waals surface area contributed by atoms with Gasteiger partial charge in [0.25, 0.3) is 0 Å². The van der Waals surface area contributed by atoms with Gasteiger partial charge in [0, 0.05) is 4.47 Å². The normalized spacial score (nSPS) is 11.3. The molecule has 0 fully saturated rings. The molecule has 3 N–H and O–H groups in total. The first-order valence-corrected chi connectivity index (χ1v) is 6.50. The maximum absolute atomic E-state index is 7.53. The van der Waals surface area contributed by atoms with Gasteiger partial charge in [0.1, 0.15) is 18.2 Å². The Bertz CT molecular complexity index is 427. The molecule has 0 aliphatic rings. The lowest BCUT2D eigenvalue weighted by atomic mass is 10.2. The molecule has 0 saturated carbocycles. The summed E-state index contributed by atoms with van der Waals surface area (Å²) in [4.78, 5) is 0. The largest absolute Gasteiger partial charge is 0.490 e. The van der Waals surface area contributed by atoms with Crippen molar-refractivity contribution in [2.45, 2.75) is 26.4 Å². The number of hydrogen-bond donors (Lipinski definition) is 2. The van der Waals surface area contributed by atoms with Crippen LogP contribution < -0.4 is 10.5 Å². The minimum atomic E-state index is -0.177. The summed E-state index contributed by atoms with van der Waals surface area (Å²) < 4.78 is 11.9. The number of nitrogens with one attached hydrogen (secondary N) is 1. The molecule has 0 unspecified atom stereocenters. The van der Waals surface area contributed by atoms with E-state index in [1.807, 2.05) is 32.9 Å². The van der Waals surface area contributed by atoms with E-state index in [2.05, 4.69) is 15.9 Å². The van der Waals surface area contributed by atoms with Crippen molar-refractivity contribution in [2.24, 2.45) is 5.73 Å². The number of hydrogen-bond acceptors (Lipinski definition) is 3. The van der Waals surface area contributed by atoms with Crippen molar-refractivity contribution in [3.8, 4) is 5.75 Å². The van der Waals surface area contributed by atoms with Gasteiger partial charge in [-0.25, -0.2) is 0 Å². The Morgan fingerprint density at radius 3 is 2.56 bits per heavy atom. The van der Waals surface area contributed by atoms with E-state index in [0.29, 0.717) is 24.5 Å². The number of ether oxygens (including phenoxy) is 2. The van der Waals surface area contributed by atoms with E-state index in [1.165, 1.54) is 0 Å². The second-order valence-corrected chi connectivity index (χ2v) is 5.69. The minimum absolute atomic E-state index is 0.0192. The number of nitrogens with two attached hydrogens (primary N) is 1. The van der Waals surface area contributed by atoms with E-state index in [0.717, 1.165) is 4.47 Å². The Labute approximate surface area is 116 Å². The Hall–Kier alpha value is -1.07. The maximum atomic E-state index is 7.53. The van der Waals surface area contributed by atoms with Gasteiger partial charge >= 0.3 is 0 Å². The number of benzene rings is 1. The molecule has 0 radical (unpaired) electrons. The van der Waals surface area contributed by atoms with Gasteiger partial charge in [-0.05, 0) is 48.8 Å². The highest BCUT2D eigenvalue weighted by molar-refractivity contribution is 9.10. The second-order valence-electron chi connectivity index (χ2n) is 4.84. The van der Waals surface area contributed by atoms with Crippen LogP contribution in [0.25, 0.3) is 0 Å². The number of rotatable bonds is 5. The first kappa shape index (κ1) is 15.0. The van der Waals surface area contributed by atoms with Gasteiger partial charge in [-0.3, -0.25) is 5.41 Å². The average molecular weight is 315 g/mol. The Kier molecular flexibility index (Phi) is 5.16. The summed E-state index contributed by atoms with van der Waals surface area (Å²) in [5, 5.41) is 7.53. The van der Waals surface area contributed by atoms with E-state index in [-0.39, 0.29) is 11.4 Å². The number of halogens is 1. The van der Waals surface area contributed by atoms with E-state index >= 15 is 0 Å². The third-order valence-corrected chi connectivity index (χ3v) is 2.78. The molecule has 4 nitrogen and oxygen atoms in total. The first-order valence-electron chi connectivity index (χ1n) is 5.71. The van der Waals surface area contributed by atoms with E-state index < -0.39 is 0 Å². The van der Waals surface area contributed by atoms with E-state index in [4.69, 9.17) is 20.6 Å². The first-order chi connectivity index (χ1) is 8.31. The molecule has 1 rings (SSSR count). The molecule has 0 aliphatic heterocycles. The summed E-state index contributed by atoms with van der Waals surface area (Å²) in [6.07, 6.45) is 0. The Morgan fingerprint density at radius 2 is 2.00 bits per heavy atom. The lowest BCUT2D eigenvalue weighted by Gasteiger charge is -2.20. The number of nitrogen functional groups attached to an aromatic ring is 1. The summed E-state index contributed by atoms with van der Waals surface area (Å²) in [6, 6.07) is 5.46. The van der Waals surface area contributed by atoms with Crippen molar-refractivity contribution in [2.75, 3.05) is 13.2 Å². The van der Waals surface area contributed by atoms with Gasteiger partial charge in [-0.1, -0.05) is 6.07 Å². The van der Waals surface area contributed by atoms with E-state index in [1.54, 1.807) is 6.07 Å². The highest BCUT2D eigenvalue weighted by Crippen LogP contribution is 2.26. The SMILES string of the molecule is CC(C)(C)OCCOc1cccc(Br)c1C(=N)N.